The molecule has 68 valence electrons. The van der Waals surface area contributed by atoms with Gasteiger partial charge in [0, 0.05) is 6.04 Å². The summed E-state index contributed by atoms with van der Waals surface area (Å²) in [7, 11) is 2.21. The molecule has 1 fully saturated rings. The topological polar surface area (TPSA) is 3.24 Å². The number of piperidine rings is 1. The molecule has 0 N–H and O–H groups in total. The summed E-state index contributed by atoms with van der Waals surface area (Å²) in [6, 6.07) is 0.837. The van der Waals surface area contributed by atoms with E-state index >= 15 is 0 Å². The molecule has 0 radical (unpaired) electrons. The molecule has 0 aromatic heterocycles. The first-order valence-electron chi connectivity index (χ1n) is 4.92. The summed E-state index contributed by atoms with van der Waals surface area (Å²) in [5.41, 5.74) is 0. The molecule has 1 heteroatoms. The van der Waals surface area contributed by atoms with Crippen molar-refractivity contribution in [2.45, 2.75) is 52.5 Å². The second-order valence-electron chi connectivity index (χ2n) is 3.53. The molecule has 0 aromatic carbocycles. The summed E-state index contributed by atoms with van der Waals surface area (Å²) in [5, 5.41) is 0. The van der Waals surface area contributed by atoms with E-state index in [4.69, 9.17) is 0 Å². The van der Waals surface area contributed by atoms with Crippen molar-refractivity contribution in [3.8, 4) is 0 Å². The van der Waals surface area contributed by atoms with Crippen molar-refractivity contribution in [1.29, 1.82) is 0 Å². The van der Waals surface area contributed by atoms with Gasteiger partial charge in [-0.3, -0.25) is 0 Å². The fourth-order valence-corrected chi connectivity index (χ4v) is 1.24. The van der Waals surface area contributed by atoms with Crippen LogP contribution in [0.1, 0.15) is 46.5 Å². The number of rotatable bonds is 0. The molecular formula is C10H23N. The lowest BCUT2D eigenvalue weighted by molar-refractivity contribution is 0.200. The molecule has 1 aliphatic heterocycles. The van der Waals surface area contributed by atoms with Crippen LogP contribution in [-0.2, 0) is 0 Å². The van der Waals surface area contributed by atoms with E-state index in [9.17, 15) is 0 Å². The first-order valence-corrected chi connectivity index (χ1v) is 4.92. The first kappa shape index (κ1) is 11.0. The highest BCUT2D eigenvalue weighted by molar-refractivity contribution is 4.68. The van der Waals surface area contributed by atoms with E-state index in [0.717, 1.165) is 6.04 Å². The van der Waals surface area contributed by atoms with Gasteiger partial charge in [-0.25, -0.2) is 0 Å². The molecular weight excluding hydrogens is 134 g/mol. The van der Waals surface area contributed by atoms with Crippen LogP contribution in [0.2, 0.25) is 0 Å². The molecule has 0 bridgehead atoms. The van der Waals surface area contributed by atoms with Crippen molar-refractivity contribution in [3.63, 3.8) is 0 Å². The summed E-state index contributed by atoms with van der Waals surface area (Å²) in [6.45, 7) is 7.86. The molecule has 1 aliphatic rings. The maximum atomic E-state index is 2.43. The third kappa shape index (κ3) is 5.25. The Morgan fingerprint density at radius 2 is 1.82 bits per heavy atom. The zero-order chi connectivity index (χ0) is 8.69. The second kappa shape index (κ2) is 6.66. The molecule has 11 heavy (non-hydrogen) atoms. The van der Waals surface area contributed by atoms with Gasteiger partial charge in [-0.1, -0.05) is 26.7 Å². The summed E-state index contributed by atoms with van der Waals surface area (Å²) >= 11 is 0. The van der Waals surface area contributed by atoms with E-state index in [1.807, 2.05) is 0 Å². The minimum Gasteiger partial charge on any atom is -0.304 e. The minimum atomic E-state index is 0.837. The Balaban J connectivity index is 0.000000292. The van der Waals surface area contributed by atoms with Crippen LogP contribution >= 0.6 is 0 Å². The highest BCUT2D eigenvalue weighted by Gasteiger charge is 2.12. The summed E-state index contributed by atoms with van der Waals surface area (Å²) in [4.78, 5) is 2.43. The van der Waals surface area contributed by atoms with Gasteiger partial charge in [0.1, 0.15) is 0 Å². The number of hydrogen-bond donors (Lipinski definition) is 0. The van der Waals surface area contributed by atoms with E-state index in [-0.39, 0.29) is 0 Å². The van der Waals surface area contributed by atoms with Crippen molar-refractivity contribution >= 4 is 0 Å². The highest BCUT2D eigenvalue weighted by Crippen LogP contribution is 2.13. The Morgan fingerprint density at radius 3 is 2.09 bits per heavy atom. The van der Waals surface area contributed by atoms with Gasteiger partial charge in [-0.2, -0.15) is 0 Å². The smallest absolute Gasteiger partial charge is 0.00638 e. The van der Waals surface area contributed by atoms with Gasteiger partial charge in [0.15, 0.2) is 0 Å². The normalized spacial score (nSPS) is 25.6. The van der Waals surface area contributed by atoms with E-state index in [1.54, 1.807) is 0 Å². The average molecular weight is 157 g/mol. The van der Waals surface area contributed by atoms with Crippen LogP contribution in [0.3, 0.4) is 0 Å². The maximum Gasteiger partial charge on any atom is 0.00638 e. The van der Waals surface area contributed by atoms with E-state index < -0.39 is 0 Å². The van der Waals surface area contributed by atoms with Gasteiger partial charge in [0.25, 0.3) is 0 Å². The van der Waals surface area contributed by atoms with Gasteiger partial charge in [0.05, 0.1) is 0 Å². The number of hydrogen-bond acceptors (Lipinski definition) is 1. The molecule has 0 aliphatic carbocycles. The van der Waals surface area contributed by atoms with Crippen molar-refractivity contribution in [2.75, 3.05) is 13.6 Å². The lowest BCUT2D eigenvalue weighted by atomic mass is 10.1. The summed E-state index contributed by atoms with van der Waals surface area (Å²) in [5.74, 6) is 0. The maximum absolute atomic E-state index is 2.43. The van der Waals surface area contributed by atoms with Crippen molar-refractivity contribution in [1.82, 2.24) is 4.90 Å². The van der Waals surface area contributed by atoms with Crippen LogP contribution in [0, 0.1) is 0 Å². The quantitative estimate of drug-likeness (QED) is 0.522. The van der Waals surface area contributed by atoms with Crippen LogP contribution < -0.4 is 0 Å². The third-order valence-electron chi connectivity index (χ3n) is 2.14. The van der Waals surface area contributed by atoms with E-state index in [2.05, 4.69) is 32.7 Å². The van der Waals surface area contributed by atoms with Gasteiger partial charge >= 0.3 is 0 Å². The van der Waals surface area contributed by atoms with Crippen LogP contribution in [0.15, 0.2) is 0 Å². The van der Waals surface area contributed by atoms with E-state index in [1.165, 1.54) is 32.2 Å². The van der Waals surface area contributed by atoms with Gasteiger partial charge < -0.3 is 4.90 Å². The zero-order valence-electron chi connectivity index (χ0n) is 8.56. The molecule has 1 atom stereocenters. The average Bonchev–Trinajstić information content (AvgIpc) is 1.97. The molecule has 0 aromatic rings. The highest BCUT2D eigenvalue weighted by atomic mass is 15.1. The van der Waals surface area contributed by atoms with Gasteiger partial charge in [0.2, 0.25) is 0 Å². The predicted octanol–water partition coefficient (Wildman–Crippen LogP) is 2.91. The van der Waals surface area contributed by atoms with E-state index in [0.29, 0.717) is 0 Å². The molecule has 0 amide bonds. The second-order valence-corrected chi connectivity index (χ2v) is 3.53. The Labute approximate surface area is 71.8 Å². The Kier molecular flexibility index (Phi) is 6.63. The van der Waals surface area contributed by atoms with Gasteiger partial charge in [-0.15, -0.1) is 0 Å². The molecule has 1 rings (SSSR count). The van der Waals surface area contributed by atoms with Crippen LogP contribution in [-0.4, -0.2) is 24.5 Å². The summed E-state index contributed by atoms with van der Waals surface area (Å²) < 4.78 is 0. The third-order valence-corrected chi connectivity index (χ3v) is 2.14. The fraction of sp³-hybridized carbons (Fsp3) is 1.00. The molecule has 1 nitrogen and oxygen atoms in total. The monoisotopic (exact) mass is 157 g/mol. The zero-order valence-corrected chi connectivity index (χ0v) is 8.56. The number of likely N-dealkylation sites (tertiary alicyclic amines) is 1. The Hall–Kier alpha value is -0.0400. The Bertz CT molecular complexity index is 70.9. The lowest BCUT2D eigenvalue weighted by Gasteiger charge is -2.29. The largest absolute Gasteiger partial charge is 0.304 e. The standard InChI is InChI=1S/C7H15N.C3H8/c1-7-5-3-4-6-8(7)2;1-3-2/h7H,3-6H2,1-2H3;3H2,1-2H3/t7-;/m1./s1. The van der Waals surface area contributed by atoms with Crippen LogP contribution in [0.25, 0.3) is 0 Å². The summed E-state index contributed by atoms with van der Waals surface area (Å²) in [6.07, 6.45) is 5.49. The van der Waals surface area contributed by atoms with Crippen molar-refractivity contribution in [3.05, 3.63) is 0 Å². The lowest BCUT2D eigenvalue weighted by Crippen LogP contribution is -2.33. The molecule has 0 unspecified atom stereocenters. The van der Waals surface area contributed by atoms with Gasteiger partial charge in [-0.05, 0) is 33.4 Å². The van der Waals surface area contributed by atoms with Crippen molar-refractivity contribution < 1.29 is 0 Å². The first-order chi connectivity index (χ1) is 5.22. The number of nitrogens with zero attached hydrogens (tertiary/aromatic N) is 1. The molecule has 0 saturated carbocycles. The minimum absolute atomic E-state index is 0.837. The van der Waals surface area contributed by atoms with Crippen molar-refractivity contribution in [2.24, 2.45) is 0 Å². The SMILES string of the molecule is CCC.C[C@@H]1CCCCN1C. The van der Waals surface area contributed by atoms with Crippen LogP contribution in [0.5, 0.6) is 0 Å². The van der Waals surface area contributed by atoms with Crippen LogP contribution in [0.4, 0.5) is 0 Å². The fourth-order valence-electron chi connectivity index (χ4n) is 1.24. The molecule has 1 saturated heterocycles. The Morgan fingerprint density at radius 1 is 1.27 bits per heavy atom. The predicted molar refractivity (Wildman–Crippen MR) is 51.9 cm³/mol. The molecule has 1 heterocycles. The molecule has 0 spiro atoms.